The molecule has 94 valence electrons. The molecule has 0 bridgehead atoms. The molecule has 2 aromatic rings. The highest BCUT2D eigenvalue weighted by atomic mass is 14.2. The molecular formula is C18H22. The van der Waals surface area contributed by atoms with Gasteiger partial charge in [0.15, 0.2) is 0 Å². The third-order valence-electron chi connectivity index (χ3n) is 4.47. The summed E-state index contributed by atoms with van der Waals surface area (Å²) in [5.41, 5.74) is 3.09. The minimum absolute atomic E-state index is 0.801. The second-order valence-corrected chi connectivity index (χ2v) is 5.55. The first-order chi connectivity index (χ1) is 8.90. The van der Waals surface area contributed by atoms with Crippen LogP contribution in [0.3, 0.4) is 0 Å². The van der Waals surface area contributed by atoms with Crippen molar-refractivity contribution >= 4 is 10.8 Å². The Kier molecular flexibility index (Phi) is 3.36. The zero-order valence-corrected chi connectivity index (χ0v) is 11.3. The maximum Gasteiger partial charge on any atom is -0.0146 e. The maximum absolute atomic E-state index is 2.40. The number of hydrogen-bond acceptors (Lipinski definition) is 0. The van der Waals surface area contributed by atoms with E-state index in [9.17, 15) is 0 Å². The Morgan fingerprint density at radius 1 is 0.889 bits per heavy atom. The number of benzene rings is 2. The van der Waals surface area contributed by atoms with Crippen LogP contribution in [0.4, 0.5) is 0 Å². The Morgan fingerprint density at radius 3 is 2.33 bits per heavy atom. The van der Waals surface area contributed by atoms with E-state index in [0.717, 1.165) is 12.3 Å². The molecule has 0 saturated heterocycles. The average molecular weight is 238 g/mol. The van der Waals surface area contributed by atoms with Crippen LogP contribution in [-0.4, -0.2) is 0 Å². The van der Waals surface area contributed by atoms with Crippen molar-refractivity contribution in [3.63, 3.8) is 0 Å². The third kappa shape index (κ3) is 2.05. The highest BCUT2D eigenvalue weighted by molar-refractivity contribution is 5.89. The van der Waals surface area contributed by atoms with Crippen molar-refractivity contribution in [2.75, 3.05) is 0 Å². The van der Waals surface area contributed by atoms with Crippen molar-refractivity contribution < 1.29 is 0 Å². The molecule has 0 heterocycles. The molecule has 0 unspecified atom stereocenters. The predicted octanol–water partition coefficient (Wildman–Crippen LogP) is 5.45. The first kappa shape index (κ1) is 11.8. The lowest BCUT2D eigenvalue weighted by Crippen LogP contribution is -2.05. The topological polar surface area (TPSA) is 0 Å². The summed E-state index contributed by atoms with van der Waals surface area (Å²) < 4.78 is 0. The molecule has 18 heavy (non-hydrogen) atoms. The summed E-state index contributed by atoms with van der Waals surface area (Å²) in [7, 11) is 0. The molecule has 0 heteroatoms. The van der Waals surface area contributed by atoms with Gasteiger partial charge in [-0.05, 0) is 47.1 Å². The number of rotatable bonds is 2. The van der Waals surface area contributed by atoms with Gasteiger partial charge < -0.3 is 0 Å². The molecule has 0 amide bonds. The first-order valence-corrected chi connectivity index (χ1v) is 7.40. The summed E-state index contributed by atoms with van der Waals surface area (Å²) in [6.45, 7) is 2.25. The highest BCUT2D eigenvalue weighted by Crippen LogP contribution is 2.37. The van der Waals surface area contributed by atoms with Crippen molar-refractivity contribution in [2.24, 2.45) is 0 Å². The second kappa shape index (κ2) is 5.14. The van der Waals surface area contributed by atoms with Crippen LogP contribution in [0.25, 0.3) is 10.8 Å². The molecule has 0 atom stereocenters. The Morgan fingerprint density at radius 2 is 1.61 bits per heavy atom. The number of hydrogen-bond donors (Lipinski definition) is 0. The van der Waals surface area contributed by atoms with Gasteiger partial charge in [-0.3, -0.25) is 0 Å². The van der Waals surface area contributed by atoms with Gasteiger partial charge in [0.25, 0.3) is 0 Å². The molecule has 0 aromatic heterocycles. The third-order valence-corrected chi connectivity index (χ3v) is 4.47. The summed E-state index contributed by atoms with van der Waals surface area (Å²) in [6, 6.07) is 13.7. The van der Waals surface area contributed by atoms with Crippen LogP contribution in [0.2, 0.25) is 0 Å². The Balaban J connectivity index is 2.12. The summed E-state index contributed by atoms with van der Waals surface area (Å²) in [6.07, 6.45) is 8.15. The fourth-order valence-corrected chi connectivity index (χ4v) is 3.46. The quantitative estimate of drug-likeness (QED) is 0.652. The molecule has 0 spiro atoms. The molecule has 1 saturated carbocycles. The van der Waals surface area contributed by atoms with Gasteiger partial charge in [0.2, 0.25) is 0 Å². The zero-order chi connectivity index (χ0) is 12.4. The standard InChI is InChI=1S/C18H22/c1-2-14-12-13-17(15-8-4-3-5-9-15)18-11-7-6-10-16(14)18/h6-7,10-13,15H,2-5,8-9H2,1H3. The molecular weight excluding hydrogens is 216 g/mol. The molecule has 1 fully saturated rings. The molecule has 0 radical (unpaired) electrons. The van der Waals surface area contributed by atoms with Crippen molar-refractivity contribution in [3.8, 4) is 0 Å². The second-order valence-electron chi connectivity index (χ2n) is 5.55. The van der Waals surface area contributed by atoms with E-state index in [1.807, 2.05) is 0 Å². The maximum atomic E-state index is 2.40. The van der Waals surface area contributed by atoms with Crippen molar-refractivity contribution in [1.29, 1.82) is 0 Å². The molecule has 3 rings (SSSR count). The van der Waals surface area contributed by atoms with E-state index >= 15 is 0 Å². The van der Waals surface area contributed by atoms with E-state index in [-0.39, 0.29) is 0 Å². The molecule has 0 N–H and O–H groups in total. The van der Waals surface area contributed by atoms with Gasteiger partial charge >= 0.3 is 0 Å². The van der Waals surface area contributed by atoms with E-state index in [4.69, 9.17) is 0 Å². The SMILES string of the molecule is CCc1ccc(C2CCCCC2)c2ccccc12. The lowest BCUT2D eigenvalue weighted by molar-refractivity contribution is 0.445. The van der Waals surface area contributed by atoms with Crippen molar-refractivity contribution in [3.05, 3.63) is 47.5 Å². The fraction of sp³-hybridized carbons (Fsp3) is 0.444. The van der Waals surface area contributed by atoms with Gasteiger partial charge in [-0.2, -0.15) is 0 Å². The van der Waals surface area contributed by atoms with E-state index in [0.29, 0.717) is 0 Å². The van der Waals surface area contributed by atoms with Gasteiger partial charge in [0.05, 0.1) is 0 Å². The lowest BCUT2D eigenvalue weighted by atomic mass is 9.81. The molecule has 1 aliphatic rings. The lowest BCUT2D eigenvalue weighted by Gasteiger charge is -2.24. The molecule has 0 nitrogen and oxygen atoms in total. The Labute approximate surface area is 110 Å². The van der Waals surface area contributed by atoms with Crippen molar-refractivity contribution in [2.45, 2.75) is 51.4 Å². The van der Waals surface area contributed by atoms with E-state index in [2.05, 4.69) is 43.3 Å². The smallest absolute Gasteiger partial charge is 0.0146 e. The van der Waals surface area contributed by atoms with Crippen molar-refractivity contribution in [1.82, 2.24) is 0 Å². The van der Waals surface area contributed by atoms with Crippen LogP contribution in [0.5, 0.6) is 0 Å². The highest BCUT2D eigenvalue weighted by Gasteiger charge is 2.17. The zero-order valence-electron chi connectivity index (χ0n) is 11.3. The summed E-state index contributed by atoms with van der Waals surface area (Å²) >= 11 is 0. The minimum atomic E-state index is 0.801. The van der Waals surface area contributed by atoms with E-state index in [1.165, 1.54) is 48.4 Å². The first-order valence-electron chi connectivity index (χ1n) is 7.40. The van der Waals surface area contributed by atoms with Gasteiger partial charge in [0.1, 0.15) is 0 Å². The number of aryl methyl sites for hydroxylation is 1. The van der Waals surface area contributed by atoms with Crippen LogP contribution >= 0.6 is 0 Å². The Bertz CT molecular complexity index is 533. The molecule has 2 aromatic carbocycles. The monoisotopic (exact) mass is 238 g/mol. The Hall–Kier alpha value is -1.30. The average Bonchev–Trinajstić information content (AvgIpc) is 2.47. The largest absolute Gasteiger partial charge is 0.0616 e. The van der Waals surface area contributed by atoms with Crippen LogP contribution in [0.15, 0.2) is 36.4 Å². The van der Waals surface area contributed by atoms with Gasteiger partial charge in [-0.15, -0.1) is 0 Å². The fourth-order valence-electron chi connectivity index (χ4n) is 3.46. The van der Waals surface area contributed by atoms with E-state index in [1.54, 1.807) is 5.56 Å². The van der Waals surface area contributed by atoms with Gasteiger partial charge in [-0.25, -0.2) is 0 Å². The summed E-state index contributed by atoms with van der Waals surface area (Å²) in [5.74, 6) is 0.801. The summed E-state index contributed by atoms with van der Waals surface area (Å²) in [5, 5.41) is 2.98. The van der Waals surface area contributed by atoms with Crippen LogP contribution in [0.1, 0.15) is 56.1 Å². The number of fused-ring (bicyclic) bond motifs is 1. The van der Waals surface area contributed by atoms with Crippen LogP contribution in [0, 0.1) is 0 Å². The van der Waals surface area contributed by atoms with E-state index < -0.39 is 0 Å². The van der Waals surface area contributed by atoms with Crippen LogP contribution in [-0.2, 0) is 6.42 Å². The van der Waals surface area contributed by atoms with Gasteiger partial charge in [-0.1, -0.05) is 62.6 Å². The van der Waals surface area contributed by atoms with Crippen LogP contribution < -0.4 is 0 Å². The molecule has 0 aliphatic heterocycles. The summed E-state index contributed by atoms with van der Waals surface area (Å²) in [4.78, 5) is 0. The normalized spacial score (nSPS) is 17.2. The molecule has 1 aliphatic carbocycles. The predicted molar refractivity (Wildman–Crippen MR) is 79.2 cm³/mol. The van der Waals surface area contributed by atoms with Gasteiger partial charge in [0, 0.05) is 0 Å². The minimum Gasteiger partial charge on any atom is -0.0616 e.